The van der Waals surface area contributed by atoms with Crippen LogP contribution in [-0.2, 0) is 9.53 Å². The molecule has 1 amide bonds. The van der Waals surface area contributed by atoms with E-state index in [9.17, 15) is 14.7 Å². The molecular formula is C22H25NO4. The lowest BCUT2D eigenvalue weighted by Crippen LogP contribution is -2.53. The number of rotatable bonds is 6. The Morgan fingerprint density at radius 2 is 1.59 bits per heavy atom. The molecule has 0 aromatic heterocycles. The molecule has 3 rings (SSSR count). The standard InChI is InChI=1S/C22H25NO4/c1-14(2)12-22(3,20(24)25)23-21(26)27-13-19-17-10-6-4-8-15(17)16-9-5-7-11-18(16)19/h4-11,14,19H,12-13H2,1-3H3,(H,23,26)(H,24,25)/t22-/m0/s1. The smallest absolute Gasteiger partial charge is 0.408 e. The van der Waals surface area contributed by atoms with Gasteiger partial charge in [0.1, 0.15) is 12.1 Å². The molecule has 2 N–H and O–H groups in total. The van der Waals surface area contributed by atoms with Crippen LogP contribution in [0.1, 0.15) is 44.2 Å². The molecule has 1 atom stereocenters. The van der Waals surface area contributed by atoms with Crippen LogP contribution in [-0.4, -0.2) is 29.3 Å². The first-order valence-corrected chi connectivity index (χ1v) is 9.18. The van der Waals surface area contributed by atoms with Crippen LogP contribution in [0.4, 0.5) is 4.79 Å². The summed E-state index contributed by atoms with van der Waals surface area (Å²) in [7, 11) is 0. The minimum Gasteiger partial charge on any atom is -0.480 e. The van der Waals surface area contributed by atoms with E-state index in [0.29, 0.717) is 6.42 Å². The number of carbonyl (C=O) groups excluding carboxylic acids is 1. The van der Waals surface area contributed by atoms with Gasteiger partial charge >= 0.3 is 12.1 Å². The van der Waals surface area contributed by atoms with E-state index in [2.05, 4.69) is 17.4 Å². The lowest BCUT2D eigenvalue weighted by Gasteiger charge is -2.27. The van der Waals surface area contributed by atoms with Crippen molar-refractivity contribution >= 4 is 12.1 Å². The summed E-state index contributed by atoms with van der Waals surface area (Å²) in [5.74, 6) is -0.992. The normalized spacial score (nSPS) is 15.0. The number of carbonyl (C=O) groups is 2. The number of carboxylic acid groups (broad SMARTS) is 1. The maximum atomic E-state index is 12.3. The summed E-state index contributed by atoms with van der Waals surface area (Å²) >= 11 is 0. The Bertz CT molecular complexity index is 815. The van der Waals surface area contributed by atoms with Gasteiger partial charge in [-0.15, -0.1) is 0 Å². The first-order chi connectivity index (χ1) is 12.8. The third-order valence-corrected chi connectivity index (χ3v) is 5.01. The molecule has 0 unspecified atom stereocenters. The summed E-state index contributed by atoms with van der Waals surface area (Å²) in [5, 5.41) is 12.0. The van der Waals surface area contributed by atoms with Crippen LogP contribution < -0.4 is 5.32 Å². The number of amides is 1. The average molecular weight is 367 g/mol. The third kappa shape index (κ3) is 3.82. The molecule has 0 fully saturated rings. The molecule has 1 aliphatic carbocycles. The largest absolute Gasteiger partial charge is 0.480 e. The maximum Gasteiger partial charge on any atom is 0.408 e. The van der Waals surface area contributed by atoms with Crippen LogP contribution in [0.25, 0.3) is 11.1 Å². The van der Waals surface area contributed by atoms with Crippen molar-refractivity contribution in [2.75, 3.05) is 6.61 Å². The molecule has 5 nitrogen and oxygen atoms in total. The summed E-state index contributed by atoms with van der Waals surface area (Å²) < 4.78 is 5.45. The van der Waals surface area contributed by atoms with E-state index < -0.39 is 17.6 Å². The van der Waals surface area contributed by atoms with Crippen LogP contribution >= 0.6 is 0 Å². The number of hydrogen-bond donors (Lipinski definition) is 2. The number of alkyl carbamates (subject to hydrolysis) is 1. The van der Waals surface area contributed by atoms with Crippen LogP contribution in [0.5, 0.6) is 0 Å². The zero-order chi connectivity index (χ0) is 19.6. The molecule has 0 bridgehead atoms. The Labute approximate surface area is 159 Å². The molecule has 0 saturated heterocycles. The highest BCUT2D eigenvalue weighted by atomic mass is 16.5. The highest BCUT2D eigenvalue weighted by molar-refractivity contribution is 5.84. The minimum atomic E-state index is -1.35. The van der Waals surface area contributed by atoms with Crippen LogP contribution in [0.3, 0.4) is 0 Å². The average Bonchev–Trinajstić information content (AvgIpc) is 2.93. The van der Waals surface area contributed by atoms with E-state index >= 15 is 0 Å². The van der Waals surface area contributed by atoms with E-state index in [1.165, 1.54) is 6.92 Å². The van der Waals surface area contributed by atoms with Gasteiger partial charge in [0.05, 0.1) is 0 Å². The molecule has 2 aromatic carbocycles. The first kappa shape index (κ1) is 19.0. The summed E-state index contributed by atoms with van der Waals surface area (Å²) in [5.41, 5.74) is 3.19. The Hall–Kier alpha value is -2.82. The number of carboxylic acids is 1. The monoisotopic (exact) mass is 367 g/mol. The van der Waals surface area contributed by atoms with Gasteiger partial charge in [-0.05, 0) is 41.5 Å². The van der Waals surface area contributed by atoms with Crippen LogP contribution in [0.2, 0.25) is 0 Å². The summed E-state index contributed by atoms with van der Waals surface area (Å²) in [4.78, 5) is 23.9. The maximum absolute atomic E-state index is 12.3. The molecule has 0 radical (unpaired) electrons. The van der Waals surface area contributed by atoms with Crippen molar-refractivity contribution < 1.29 is 19.4 Å². The lowest BCUT2D eigenvalue weighted by molar-refractivity contribution is -0.144. The van der Waals surface area contributed by atoms with Gasteiger partial charge in [0, 0.05) is 5.92 Å². The molecule has 0 saturated carbocycles. The molecule has 0 heterocycles. The van der Waals surface area contributed by atoms with Crippen LogP contribution in [0.15, 0.2) is 48.5 Å². The molecule has 5 heteroatoms. The number of benzene rings is 2. The Morgan fingerprint density at radius 3 is 2.07 bits per heavy atom. The summed E-state index contributed by atoms with van der Waals surface area (Å²) in [6, 6.07) is 16.2. The second-order valence-electron chi connectivity index (χ2n) is 7.69. The molecule has 27 heavy (non-hydrogen) atoms. The van der Waals surface area contributed by atoms with Crippen molar-refractivity contribution in [3.8, 4) is 11.1 Å². The van der Waals surface area contributed by atoms with Crippen molar-refractivity contribution in [3.63, 3.8) is 0 Å². The quantitative estimate of drug-likeness (QED) is 0.793. The SMILES string of the molecule is CC(C)C[C@](C)(NC(=O)OCC1c2ccccc2-c2ccccc21)C(=O)O. The Kier molecular flexibility index (Phi) is 5.22. The van der Waals surface area contributed by atoms with Gasteiger partial charge in [-0.1, -0.05) is 62.4 Å². The number of hydrogen-bond acceptors (Lipinski definition) is 3. The predicted octanol–water partition coefficient (Wildman–Crippen LogP) is 4.41. The summed E-state index contributed by atoms with van der Waals surface area (Å²) in [6.07, 6.45) is -0.380. The minimum absolute atomic E-state index is 0.0515. The fraction of sp³-hybridized carbons (Fsp3) is 0.364. The number of nitrogens with one attached hydrogen (secondary N) is 1. The van der Waals surface area contributed by atoms with Gasteiger partial charge in [0.15, 0.2) is 0 Å². The van der Waals surface area contributed by atoms with Gasteiger partial charge in [0.25, 0.3) is 0 Å². The Morgan fingerprint density at radius 1 is 1.07 bits per heavy atom. The topological polar surface area (TPSA) is 75.6 Å². The number of fused-ring (bicyclic) bond motifs is 3. The van der Waals surface area contributed by atoms with E-state index in [1.807, 2.05) is 50.2 Å². The second-order valence-corrected chi connectivity index (χ2v) is 7.69. The van der Waals surface area contributed by atoms with E-state index in [0.717, 1.165) is 22.3 Å². The van der Waals surface area contributed by atoms with E-state index in [1.54, 1.807) is 0 Å². The lowest BCUT2D eigenvalue weighted by atomic mass is 9.91. The number of aliphatic carboxylic acids is 1. The molecule has 0 aliphatic heterocycles. The molecule has 2 aromatic rings. The van der Waals surface area contributed by atoms with Gasteiger partial charge in [0.2, 0.25) is 0 Å². The fourth-order valence-electron chi connectivity index (χ4n) is 3.87. The van der Waals surface area contributed by atoms with Crippen LogP contribution in [0, 0.1) is 5.92 Å². The van der Waals surface area contributed by atoms with Crippen molar-refractivity contribution in [3.05, 3.63) is 59.7 Å². The van der Waals surface area contributed by atoms with Gasteiger partial charge in [-0.3, -0.25) is 0 Å². The Balaban J connectivity index is 1.73. The van der Waals surface area contributed by atoms with Gasteiger partial charge in [-0.2, -0.15) is 0 Å². The molecular weight excluding hydrogens is 342 g/mol. The molecule has 0 spiro atoms. The predicted molar refractivity (Wildman–Crippen MR) is 104 cm³/mol. The highest BCUT2D eigenvalue weighted by Crippen LogP contribution is 2.44. The van der Waals surface area contributed by atoms with Gasteiger partial charge < -0.3 is 15.2 Å². The highest BCUT2D eigenvalue weighted by Gasteiger charge is 2.36. The van der Waals surface area contributed by atoms with Gasteiger partial charge in [-0.25, -0.2) is 9.59 Å². The second kappa shape index (κ2) is 7.43. The number of ether oxygens (including phenoxy) is 1. The van der Waals surface area contributed by atoms with E-state index in [4.69, 9.17) is 4.74 Å². The zero-order valence-electron chi connectivity index (χ0n) is 15.9. The first-order valence-electron chi connectivity index (χ1n) is 9.18. The van der Waals surface area contributed by atoms with E-state index in [-0.39, 0.29) is 18.4 Å². The molecule has 142 valence electrons. The van der Waals surface area contributed by atoms with Crippen molar-refractivity contribution in [2.45, 2.75) is 38.6 Å². The fourth-order valence-corrected chi connectivity index (χ4v) is 3.87. The summed E-state index contributed by atoms with van der Waals surface area (Å²) in [6.45, 7) is 5.51. The molecule has 1 aliphatic rings. The zero-order valence-corrected chi connectivity index (χ0v) is 15.9. The van der Waals surface area contributed by atoms with Crippen molar-refractivity contribution in [2.24, 2.45) is 5.92 Å². The van der Waals surface area contributed by atoms with Crippen molar-refractivity contribution in [1.29, 1.82) is 0 Å². The van der Waals surface area contributed by atoms with Crippen molar-refractivity contribution in [1.82, 2.24) is 5.32 Å². The third-order valence-electron chi connectivity index (χ3n) is 5.01.